The molecule has 0 spiro atoms. The van der Waals surface area contributed by atoms with Crippen LogP contribution in [-0.2, 0) is 9.84 Å². The molecule has 3 aromatic carbocycles. The standard InChI is InChI=1S/C20H18F2O2S2/c1-2-26(23,24)20-18(21)13-17(14-19(20)22)25(15-9-5-3-6-10-15)16-11-7-4-8-12-16/h3-14,25H,2H2,1H3. The third-order valence-electron chi connectivity index (χ3n) is 3.96. The molecule has 6 heteroatoms. The summed E-state index contributed by atoms with van der Waals surface area (Å²) in [4.78, 5) is 1.44. The van der Waals surface area contributed by atoms with Gasteiger partial charge in [0.1, 0.15) is 16.5 Å². The highest BCUT2D eigenvalue weighted by Gasteiger charge is 2.25. The lowest BCUT2D eigenvalue weighted by Gasteiger charge is -2.24. The van der Waals surface area contributed by atoms with Gasteiger partial charge in [-0.05, 0) is 46.2 Å². The van der Waals surface area contributed by atoms with Crippen molar-refractivity contribution in [2.75, 3.05) is 5.75 Å². The summed E-state index contributed by atoms with van der Waals surface area (Å²) in [5, 5.41) is 0. The molecule has 3 rings (SSSR count). The molecular formula is C20H18F2O2S2. The second-order valence-electron chi connectivity index (χ2n) is 5.65. The van der Waals surface area contributed by atoms with Crippen molar-refractivity contribution in [1.82, 2.24) is 0 Å². The summed E-state index contributed by atoms with van der Waals surface area (Å²) in [6.07, 6.45) is 0. The normalized spacial score (nSPS) is 12.0. The molecule has 2 nitrogen and oxygen atoms in total. The maximum atomic E-state index is 14.6. The van der Waals surface area contributed by atoms with Crippen LogP contribution in [0.4, 0.5) is 8.78 Å². The van der Waals surface area contributed by atoms with E-state index in [4.69, 9.17) is 0 Å². The average molecular weight is 392 g/mol. The first-order chi connectivity index (χ1) is 12.4. The largest absolute Gasteiger partial charge is 0.223 e. The van der Waals surface area contributed by atoms with Gasteiger partial charge in [-0.1, -0.05) is 43.3 Å². The molecular weight excluding hydrogens is 374 g/mol. The Balaban J connectivity index is 2.21. The van der Waals surface area contributed by atoms with Gasteiger partial charge in [-0.3, -0.25) is 0 Å². The maximum Gasteiger partial charge on any atom is 0.183 e. The van der Waals surface area contributed by atoms with E-state index in [0.29, 0.717) is 4.90 Å². The second-order valence-corrected chi connectivity index (χ2v) is 10.1. The molecule has 0 aromatic heterocycles. The molecule has 0 radical (unpaired) electrons. The van der Waals surface area contributed by atoms with Crippen molar-refractivity contribution in [3.8, 4) is 0 Å². The van der Waals surface area contributed by atoms with Crippen LogP contribution < -0.4 is 0 Å². The smallest absolute Gasteiger partial charge is 0.183 e. The fourth-order valence-corrected chi connectivity index (χ4v) is 6.04. The molecule has 0 bridgehead atoms. The average Bonchev–Trinajstić information content (AvgIpc) is 2.63. The van der Waals surface area contributed by atoms with Crippen LogP contribution in [0.3, 0.4) is 0 Å². The lowest BCUT2D eigenvalue weighted by molar-refractivity contribution is 0.515. The van der Waals surface area contributed by atoms with Crippen LogP contribution in [0.2, 0.25) is 0 Å². The van der Waals surface area contributed by atoms with Crippen molar-refractivity contribution >= 4 is 20.7 Å². The van der Waals surface area contributed by atoms with Crippen LogP contribution in [0.1, 0.15) is 6.92 Å². The molecule has 136 valence electrons. The Morgan fingerprint density at radius 3 is 1.58 bits per heavy atom. The number of hydrogen-bond acceptors (Lipinski definition) is 2. The summed E-state index contributed by atoms with van der Waals surface area (Å²) in [6, 6.07) is 21.2. The Morgan fingerprint density at radius 2 is 1.19 bits per heavy atom. The zero-order chi connectivity index (χ0) is 18.7. The molecule has 3 aromatic rings. The topological polar surface area (TPSA) is 34.1 Å². The lowest BCUT2D eigenvalue weighted by Crippen LogP contribution is -2.09. The molecule has 0 unspecified atom stereocenters. The summed E-state index contributed by atoms with van der Waals surface area (Å²) < 4.78 is 53.1. The molecule has 0 heterocycles. The van der Waals surface area contributed by atoms with E-state index in [1.165, 1.54) is 6.92 Å². The Kier molecular flexibility index (Phi) is 5.44. The summed E-state index contributed by atoms with van der Waals surface area (Å²) >= 11 is 0. The van der Waals surface area contributed by atoms with Gasteiger partial charge < -0.3 is 0 Å². The van der Waals surface area contributed by atoms with Crippen molar-refractivity contribution in [2.45, 2.75) is 26.5 Å². The predicted molar refractivity (Wildman–Crippen MR) is 101 cm³/mol. The van der Waals surface area contributed by atoms with E-state index in [9.17, 15) is 17.2 Å². The number of benzene rings is 3. The highest BCUT2D eigenvalue weighted by molar-refractivity contribution is 8.17. The summed E-state index contributed by atoms with van der Waals surface area (Å²) in [5.41, 5.74) is 0. The lowest BCUT2D eigenvalue weighted by atomic mass is 10.3. The minimum Gasteiger partial charge on any atom is -0.223 e. The molecule has 0 N–H and O–H groups in total. The number of rotatable bonds is 5. The highest BCUT2D eigenvalue weighted by atomic mass is 32.2. The van der Waals surface area contributed by atoms with E-state index in [1.807, 2.05) is 60.7 Å². The van der Waals surface area contributed by atoms with Gasteiger partial charge >= 0.3 is 0 Å². The molecule has 0 aliphatic rings. The van der Waals surface area contributed by atoms with Crippen molar-refractivity contribution in [3.63, 3.8) is 0 Å². The minimum absolute atomic E-state index is 0.355. The van der Waals surface area contributed by atoms with E-state index >= 15 is 0 Å². The summed E-state index contributed by atoms with van der Waals surface area (Å²) in [5.74, 6) is -2.44. The van der Waals surface area contributed by atoms with E-state index in [1.54, 1.807) is 0 Å². The van der Waals surface area contributed by atoms with Gasteiger partial charge in [0.2, 0.25) is 0 Å². The Labute approximate surface area is 154 Å². The van der Waals surface area contributed by atoms with Crippen LogP contribution in [0.15, 0.2) is 92.4 Å². The number of hydrogen-bond donors (Lipinski definition) is 1. The maximum absolute atomic E-state index is 14.6. The summed E-state index contributed by atoms with van der Waals surface area (Å²) in [6.45, 7) is 1.36. The van der Waals surface area contributed by atoms with Crippen molar-refractivity contribution in [3.05, 3.63) is 84.4 Å². The van der Waals surface area contributed by atoms with Gasteiger partial charge in [0.15, 0.2) is 9.84 Å². The van der Waals surface area contributed by atoms with Gasteiger partial charge in [0, 0.05) is 4.90 Å². The van der Waals surface area contributed by atoms with Crippen molar-refractivity contribution in [1.29, 1.82) is 0 Å². The minimum atomic E-state index is -3.97. The van der Waals surface area contributed by atoms with Gasteiger partial charge in [-0.15, -0.1) is 0 Å². The first-order valence-corrected chi connectivity index (χ1v) is 11.1. The third-order valence-corrected chi connectivity index (χ3v) is 8.14. The quantitative estimate of drug-likeness (QED) is 0.603. The van der Waals surface area contributed by atoms with E-state index in [0.717, 1.165) is 21.9 Å². The number of halogens is 2. The zero-order valence-electron chi connectivity index (χ0n) is 14.1. The Morgan fingerprint density at radius 1 is 0.769 bits per heavy atom. The molecule has 0 amide bonds. The zero-order valence-corrected chi connectivity index (χ0v) is 15.8. The molecule has 0 fully saturated rings. The molecule has 0 aliphatic carbocycles. The first kappa shape index (κ1) is 18.6. The number of thiol groups is 1. The van der Waals surface area contributed by atoms with Gasteiger partial charge in [0.05, 0.1) is 5.75 Å². The first-order valence-electron chi connectivity index (χ1n) is 8.06. The van der Waals surface area contributed by atoms with E-state index in [-0.39, 0.29) is 5.75 Å². The van der Waals surface area contributed by atoms with E-state index < -0.39 is 37.3 Å². The molecule has 0 atom stereocenters. The van der Waals surface area contributed by atoms with Crippen molar-refractivity contribution in [2.24, 2.45) is 0 Å². The second kappa shape index (κ2) is 7.60. The Hall–Kier alpha value is -2.18. The van der Waals surface area contributed by atoms with Gasteiger partial charge in [0.25, 0.3) is 0 Å². The van der Waals surface area contributed by atoms with Gasteiger partial charge in [-0.25, -0.2) is 17.2 Å². The third kappa shape index (κ3) is 3.66. The summed E-state index contributed by atoms with van der Waals surface area (Å²) in [7, 11) is -5.18. The van der Waals surface area contributed by atoms with Gasteiger partial charge in [-0.2, -0.15) is 10.9 Å². The molecule has 0 saturated heterocycles. The molecule has 0 saturated carbocycles. The number of sulfone groups is 1. The van der Waals surface area contributed by atoms with E-state index in [2.05, 4.69) is 0 Å². The van der Waals surface area contributed by atoms with Crippen molar-refractivity contribution < 1.29 is 17.2 Å². The van der Waals surface area contributed by atoms with Crippen LogP contribution in [0.5, 0.6) is 0 Å². The highest BCUT2D eigenvalue weighted by Crippen LogP contribution is 2.51. The van der Waals surface area contributed by atoms with Crippen LogP contribution in [0, 0.1) is 11.6 Å². The van der Waals surface area contributed by atoms with Crippen LogP contribution in [0.25, 0.3) is 0 Å². The Bertz CT molecular complexity index is 942. The fourth-order valence-electron chi connectivity index (χ4n) is 2.72. The molecule has 0 aliphatic heterocycles. The van der Waals surface area contributed by atoms with Crippen LogP contribution in [-0.4, -0.2) is 14.2 Å². The fraction of sp³-hybridized carbons (Fsp3) is 0.100. The molecule has 26 heavy (non-hydrogen) atoms. The monoisotopic (exact) mass is 392 g/mol. The van der Waals surface area contributed by atoms with Crippen LogP contribution >= 0.6 is 10.9 Å². The predicted octanol–water partition coefficient (Wildman–Crippen LogP) is 5.24. The SMILES string of the molecule is CCS(=O)(=O)c1c(F)cc([SH](c2ccccc2)c2ccccc2)cc1F.